The maximum absolute atomic E-state index is 13.1. The molecule has 11 heteroatoms. The van der Waals surface area contributed by atoms with Gasteiger partial charge in [0.05, 0.1) is 16.9 Å². The first-order chi connectivity index (χ1) is 15.9. The summed E-state index contributed by atoms with van der Waals surface area (Å²) in [6, 6.07) is 11.0. The third kappa shape index (κ3) is 4.00. The zero-order chi connectivity index (χ0) is 23.0. The standard InChI is InChI=1S/C22H21N3O7S/c26-21-16(4-5-17(23-21)18-2-1-11-30-18)22(27)24-7-9-25(10-8-24)33(28,29)15-3-6-19-20(14-15)32-13-12-31-19/h1-6,11,14H,7-10,12-13H2,(H,23,26). The largest absolute Gasteiger partial charge is 0.486 e. The van der Waals surface area contributed by atoms with E-state index in [1.807, 2.05) is 0 Å². The second-order valence-corrected chi connectivity index (χ2v) is 9.53. The number of amides is 1. The monoisotopic (exact) mass is 471 g/mol. The lowest BCUT2D eigenvalue weighted by molar-refractivity contribution is 0.0696. The fourth-order valence-electron chi connectivity index (χ4n) is 3.85. The van der Waals surface area contributed by atoms with E-state index in [9.17, 15) is 18.0 Å². The second-order valence-electron chi connectivity index (χ2n) is 7.59. The smallest absolute Gasteiger partial charge is 0.261 e. The van der Waals surface area contributed by atoms with Crippen LogP contribution in [0.1, 0.15) is 10.4 Å². The van der Waals surface area contributed by atoms with Crippen LogP contribution in [0.5, 0.6) is 11.5 Å². The number of carbonyl (C=O) groups excluding carboxylic acids is 1. The Balaban J connectivity index is 1.28. The molecule has 0 atom stereocenters. The van der Waals surface area contributed by atoms with Crippen molar-refractivity contribution in [2.75, 3.05) is 39.4 Å². The molecule has 5 rings (SSSR count). The van der Waals surface area contributed by atoms with Crippen LogP contribution in [-0.2, 0) is 10.0 Å². The van der Waals surface area contributed by atoms with Crippen molar-refractivity contribution in [3.8, 4) is 23.0 Å². The molecule has 0 unspecified atom stereocenters. The highest BCUT2D eigenvalue weighted by atomic mass is 32.2. The minimum Gasteiger partial charge on any atom is -0.486 e. The summed E-state index contributed by atoms with van der Waals surface area (Å²) in [5, 5.41) is 0. The molecule has 1 saturated heterocycles. The van der Waals surface area contributed by atoms with Crippen LogP contribution < -0.4 is 15.0 Å². The lowest BCUT2D eigenvalue weighted by atomic mass is 10.2. The van der Waals surface area contributed by atoms with Gasteiger partial charge < -0.3 is 23.8 Å². The van der Waals surface area contributed by atoms with Crippen LogP contribution in [0.4, 0.5) is 0 Å². The molecular weight excluding hydrogens is 450 g/mol. The summed E-state index contributed by atoms with van der Waals surface area (Å²) in [6.45, 7) is 1.35. The van der Waals surface area contributed by atoms with Gasteiger partial charge in [-0.15, -0.1) is 0 Å². The quantitative estimate of drug-likeness (QED) is 0.613. The summed E-state index contributed by atoms with van der Waals surface area (Å²) in [4.78, 5) is 29.6. The first kappa shape index (κ1) is 21.3. The summed E-state index contributed by atoms with van der Waals surface area (Å²) >= 11 is 0. The topological polar surface area (TPSA) is 122 Å². The number of carbonyl (C=O) groups is 1. The van der Waals surface area contributed by atoms with Crippen molar-refractivity contribution >= 4 is 15.9 Å². The number of aromatic nitrogens is 1. The number of fused-ring (bicyclic) bond motifs is 1. The molecule has 0 spiro atoms. The van der Waals surface area contributed by atoms with E-state index in [4.69, 9.17) is 13.9 Å². The van der Waals surface area contributed by atoms with E-state index in [1.165, 1.54) is 33.7 Å². The SMILES string of the molecule is O=C(c1ccc(-c2ccco2)[nH]c1=O)N1CCN(S(=O)(=O)c2ccc3c(c2)OCCO3)CC1. The van der Waals surface area contributed by atoms with Gasteiger partial charge in [0, 0.05) is 32.2 Å². The number of nitrogens with one attached hydrogen (secondary N) is 1. The molecule has 1 N–H and O–H groups in total. The zero-order valence-electron chi connectivity index (χ0n) is 17.5. The van der Waals surface area contributed by atoms with Gasteiger partial charge in [-0.1, -0.05) is 0 Å². The highest BCUT2D eigenvalue weighted by Crippen LogP contribution is 2.33. The summed E-state index contributed by atoms with van der Waals surface area (Å²) in [6.07, 6.45) is 1.49. The summed E-state index contributed by atoms with van der Waals surface area (Å²) in [5.41, 5.74) is -0.0643. The van der Waals surface area contributed by atoms with E-state index in [2.05, 4.69) is 4.98 Å². The summed E-state index contributed by atoms with van der Waals surface area (Å²) in [7, 11) is -3.77. The molecule has 2 aliphatic rings. The highest BCUT2D eigenvalue weighted by molar-refractivity contribution is 7.89. The Kier molecular flexibility index (Phi) is 5.43. The van der Waals surface area contributed by atoms with Gasteiger partial charge in [0.2, 0.25) is 10.0 Å². The summed E-state index contributed by atoms with van der Waals surface area (Å²) in [5.74, 6) is 0.954. The predicted octanol–water partition coefficient (Wildman–Crippen LogP) is 1.55. The molecule has 0 saturated carbocycles. The Hall–Kier alpha value is -3.57. The number of H-pyrrole nitrogens is 1. The molecular formula is C22H21N3O7S. The number of nitrogens with zero attached hydrogens (tertiary/aromatic N) is 2. The van der Waals surface area contributed by atoms with Gasteiger partial charge in [-0.25, -0.2) is 8.42 Å². The lowest BCUT2D eigenvalue weighted by Gasteiger charge is -2.34. The van der Waals surface area contributed by atoms with E-state index < -0.39 is 21.5 Å². The number of furan rings is 1. The van der Waals surface area contributed by atoms with Crippen LogP contribution in [0, 0.1) is 0 Å². The van der Waals surface area contributed by atoms with Gasteiger partial charge in [0.25, 0.3) is 11.5 Å². The molecule has 0 bridgehead atoms. The number of pyridine rings is 1. The van der Waals surface area contributed by atoms with Gasteiger partial charge in [-0.3, -0.25) is 9.59 Å². The molecule has 1 aromatic carbocycles. The third-order valence-electron chi connectivity index (χ3n) is 5.60. The Morgan fingerprint density at radius 1 is 0.939 bits per heavy atom. The average molecular weight is 471 g/mol. The number of ether oxygens (including phenoxy) is 2. The Morgan fingerprint density at radius 3 is 2.39 bits per heavy atom. The minimum absolute atomic E-state index is 0.00607. The van der Waals surface area contributed by atoms with E-state index in [1.54, 1.807) is 24.3 Å². The van der Waals surface area contributed by atoms with Gasteiger partial charge in [0.15, 0.2) is 11.5 Å². The zero-order valence-corrected chi connectivity index (χ0v) is 18.3. The van der Waals surface area contributed by atoms with Crippen LogP contribution in [0.25, 0.3) is 11.5 Å². The number of aromatic amines is 1. The maximum atomic E-state index is 13.1. The van der Waals surface area contributed by atoms with E-state index in [-0.39, 0.29) is 36.6 Å². The van der Waals surface area contributed by atoms with E-state index in [0.717, 1.165) is 0 Å². The molecule has 0 radical (unpaired) electrons. The van der Waals surface area contributed by atoms with Crippen LogP contribution >= 0.6 is 0 Å². The van der Waals surface area contributed by atoms with Gasteiger partial charge in [0.1, 0.15) is 24.5 Å². The lowest BCUT2D eigenvalue weighted by Crippen LogP contribution is -2.51. The van der Waals surface area contributed by atoms with E-state index in [0.29, 0.717) is 36.2 Å². The third-order valence-corrected chi connectivity index (χ3v) is 7.50. The van der Waals surface area contributed by atoms with E-state index >= 15 is 0 Å². The summed E-state index contributed by atoms with van der Waals surface area (Å²) < 4.78 is 43.7. The van der Waals surface area contributed by atoms with Crippen molar-refractivity contribution in [2.45, 2.75) is 4.90 Å². The fraction of sp³-hybridized carbons (Fsp3) is 0.273. The van der Waals surface area contributed by atoms with Gasteiger partial charge >= 0.3 is 0 Å². The molecule has 3 aromatic rings. The normalized spacial score (nSPS) is 16.5. The highest BCUT2D eigenvalue weighted by Gasteiger charge is 2.32. The number of sulfonamides is 1. The van der Waals surface area contributed by atoms with Crippen molar-refractivity contribution in [3.05, 3.63) is 64.6 Å². The van der Waals surface area contributed by atoms with Crippen LogP contribution in [0.3, 0.4) is 0 Å². The first-order valence-corrected chi connectivity index (χ1v) is 11.8. The Morgan fingerprint density at radius 2 is 1.70 bits per heavy atom. The van der Waals surface area contributed by atoms with Crippen molar-refractivity contribution in [2.24, 2.45) is 0 Å². The predicted molar refractivity (Wildman–Crippen MR) is 117 cm³/mol. The van der Waals surface area contributed by atoms with Gasteiger partial charge in [-0.05, 0) is 36.4 Å². The number of benzene rings is 1. The minimum atomic E-state index is -3.77. The molecule has 2 aliphatic heterocycles. The fourth-order valence-corrected chi connectivity index (χ4v) is 5.29. The average Bonchev–Trinajstić information content (AvgIpc) is 3.38. The van der Waals surface area contributed by atoms with Gasteiger partial charge in [-0.2, -0.15) is 4.31 Å². The maximum Gasteiger partial charge on any atom is 0.261 e. The van der Waals surface area contributed by atoms with Crippen LogP contribution in [0.15, 0.2) is 62.8 Å². The molecule has 1 amide bonds. The Labute approximate surface area is 189 Å². The second kappa shape index (κ2) is 8.41. The number of rotatable bonds is 4. The molecule has 172 valence electrons. The first-order valence-electron chi connectivity index (χ1n) is 10.4. The molecule has 4 heterocycles. The molecule has 33 heavy (non-hydrogen) atoms. The molecule has 1 fully saturated rings. The van der Waals surface area contributed by atoms with Crippen molar-refractivity contribution in [1.82, 2.24) is 14.2 Å². The molecule has 10 nitrogen and oxygen atoms in total. The van der Waals surface area contributed by atoms with Crippen molar-refractivity contribution in [3.63, 3.8) is 0 Å². The number of piperazine rings is 1. The van der Waals surface area contributed by atoms with Crippen LogP contribution in [0.2, 0.25) is 0 Å². The van der Waals surface area contributed by atoms with Crippen LogP contribution in [-0.4, -0.2) is 67.9 Å². The Bertz CT molecular complexity index is 1340. The molecule has 0 aliphatic carbocycles. The van der Waals surface area contributed by atoms with Crippen molar-refractivity contribution in [1.29, 1.82) is 0 Å². The van der Waals surface area contributed by atoms with Crippen molar-refractivity contribution < 1.29 is 27.1 Å². The number of hydrogen-bond donors (Lipinski definition) is 1. The number of hydrogen-bond acceptors (Lipinski definition) is 7. The molecule has 2 aromatic heterocycles.